The van der Waals surface area contributed by atoms with Crippen LogP contribution in [0, 0.1) is 11.3 Å². The molecule has 1 atom stereocenters. The summed E-state index contributed by atoms with van der Waals surface area (Å²) >= 11 is 0. The van der Waals surface area contributed by atoms with Gasteiger partial charge in [-0.1, -0.05) is 60.7 Å². The molecule has 172 valence electrons. The van der Waals surface area contributed by atoms with Crippen molar-refractivity contribution in [3.05, 3.63) is 102 Å². The number of ether oxygens (including phenoxy) is 2. The van der Waals surface area contributed by atoms with Crippen LogP contribution in [0.3, 0.4) is 0 Å². The molecule has 0 amide bonds. The molecular weight excluding hydrogens is 457 g/mol. The zero-order chi connectivity index (χ0) is 24.4. The van der Waals surface area contributed by atoms with E-state index < -0.39 is 7.37 Å². The first kappa shape index (κ1) is 22.5. The summed E-state index contributed by atoms with van der Waals surface area (Å²) in [5.41, 5.74) is 4.08. The molecule has 35 heavy (non-hydrogen) atoms. The second kappa shape index (κ2) is 9.18. The molecule has 4 aromatic carbocycles. The predicted molar refractivity (Wildman–Crippen MR) is 139 cm³/mol. The Morgan fingerprint density at radius 1 is 0.800 bits per heavy atom. The van der Waals surface area contributed by atoms with Gasteiger partial charge >= 0.3 is 7.37 Å². The van der Waals surface area contributed by atoms with Crippen molar-refractivity contribution in [2.75, 3.05) is 14.2 Å². The van der Waals surface area contributed by atoms with E-state index in [4.69, 9.17) is 19.3 Å². The van der Waals surface area contributed by atoms with E-state index in [2.05, 4.69) is 6.07 Å². The molecule has 0 aromatic heterocycles. The van der Waals surface area contributed by atoms with Gasteiger partial charge in [0.05, 0.1) is 36.5 Å². The van der Waals surface area contributed by atoms with Crippen molar-refractivity contribution in [3.63, 3.8) is 0 Å². The highest BCUT2D eigenvalue weighted by Gasteiger charge is 2.40. The van der Waals surface area contributed by atoms with Crippen LogP contribution in [0.25, 0.3) is 23.3 Å². The molecule has 1 aliphatic rings. The summed E-state index contributed by atoms with van der Waals surface area (Å²) in [4.78, 5) is 0. The van der Waals surface area contributed by atoms with E-state index >= 15 is 0 Å². The Kier molecular flexibility index (Phi) is 5.91. The van der Waals surface area contributed by atoms with Crippen molar-refractivity contribution < 1.29 is 18.6 Å². The van der Waals surface area contributed by atoms with Crippen molar-refractivity contribution in [1.82, 2.24) is 0 Å². The van der Waals surface area contributed by atoms with Crippen LogP contribution < -0.4 is 24.6 Å². The van der Waals surface area contributed by atoms with Gasteiger partial charge in [0, 0.05) is 11.1 Å². The third-order valence-electron chi connectivity index (χ3n) is 5.97. The maximum atomic E-state index is 14.6. The first-order valence-electron chi connectivity index (χ1n) is 11.0. The lowest BCUT2D eigenvalue weighted by atomic mass is 10.0. The average Bonchev–Trinajstić information content (AvgIpc) is 2.91. The van der Waals surface area contributed by atoms with Crippen LogP contribution in [-0.2, 0) is 4.57 Å². The SMILES string of the molecule is COc1cc(P2(=O)Oc3ccccc3-c3ccccc32)c(OC)cc1C=Cc1ccc(C#N)cc1. The topological polar surface area (TPSA) is 68.6 Å². The molecule has 0 saturated carbocycles. The maximum Gasteiger partial charge on any atom is 0.311 e. The molecule has 0 N–H and O–H groups in total. The first-order chi connectivity index (χ1) is 17.1. The van der Waals surface area contributed by atoms with E-state index in [0.29, 0.717) is 33.4 Å². The summed E-state index contributed by atoms with van der Waals surface area (Å²) in [6.07, 6.45) is 3.82. The van der Waals surface area contributed by atoms with Gasteiger partial charge in [-0.05, 0) is 47.5 Å². The Morgan fingerprint density at radius 3 is 2.20 bits per heavy atom. The minimum atomic E-state index is -3.55. The van der Waals surface area contributed by atoms with Crippen LogP contribution in [0.1, 0.15) is 16.7 Å². The number of methoxy groups -OCH3 is 2. The summed E-state index contributed by atoms with van der Waals surface area (Å²) in [6, 6.07) is 28.1. The highest BCUT2D eigenvalue weighted by atomic mass is 31.2. The van der Waals surface area contributed by atoms with Crippen molar-refractivity contribution in [1.29, 1.82) is 5.26 Å². The molecule has 0 fully saturated rings. The normalized spacial score (nSPS) is 16.0. The Morgan fingerprint density at radius 2 is 1.49 bits per heavy atom. The maximum absolute atomic E-state index is 14.6. The molecule has 1 heterocycles. The molecule has 1 unspecified atom stereocenters. The third-order valence-corrected chi connectivity index (χ3v) is 8.43. The van der Waals surface area contributed by atoms with E-state index in [1.54, 1.807) is 38.5 Å². The van der Waals surface area contributed by atoms with Crippen LogP contribution in [0.2, 0.25) is 0 Å². The van der Waals surface area contributed by atoms with E-state index in [1.165, 1.54) is 0 Å². The molecule has 5 rings (SSSR count). The number of nitrogens with zero attached hydrogens (tertiary/aromatic N) is 1. The van der Waals surface area contributed by atoms with Crippen molar-refractivity contribution in [2.24, 2.45) is 0 Å². The van der Waals surface area contributed by atoms with E-state index in [9.17, 15) is 4.57 Å². The van der Waals surface area contributed by atoms with Gasteiger partial charge in [-0.2, -0.15) is 5.26 Å². The fraction of sp³-hybridized carbons (Fsp3) is 0.0690. The second-order valence-electron chi connectivity index (χ2n) is 7.99. The number of nitriles is 1. The first-order valence-corrected chi connectivity index (χ1v) is 12.6. The molecule has 0 spiro atoms. The number of fused-ring (bicyclic) bond motifs is 3. The van der Waals surface area contributed by atoms with Gasteiger partial charge in [-0.25, -0.2) is 0 Å². The molecule has 0 bridgehead atoms. The minimum absolute atomic E-state index is 0.439. The van der Waals surface area contributed by atoms with Gasteiger partial charge < -0.3 is 14.0 Å². The Bertz CT molecular complexity index is 1530. The molecule has 0 aliphatic carbocycles. The monoisotopic (exact) mass is 479 g/mol. The van der Waals surface area contributed by atoms with Crippen LogP contribution in [-0.4, -0.2) is 14.2 Å². The Balaban J connectivity index is 1.62. The van der Waals surface area contributed by atoms with Crippen LogP contribution in [0.5, 0.6) is 17.2 Å². The molecule has 4 aromatic rings. The lowest BCUT2D eigenvalue weighted by molar-refractivity contribution is 0.403. The number of rotatable bonds is 5. The highest BCUT2D eigenvalue weighted by Crippen LogP contribution is 2.55. The molecule has 5 nitrogen and oxygen atoms in total. The number of benzene rings is 4. The molecule has 0 saturated heterocycles. The van der Waals surface area contributed by atoms with Gasteiger partial charge in [-0.3, -0.25) is 4.57 Å². The van der Waals surface area contributed by atoms with Gasteiger partial charge in [-0.15, -0.1) is 0 Å². The smallest absolute Gasteiger partial charge is 0.311 e. The Labute approximate surface area is 204 Å². The van der Waals surface area contributed by atoms with Gasteiger partial charge in [0.1, 0.15) is 17.2 Å². The quantitative estimate of drug-likeness (QED) is 0.258. The van der Waals surface area contributed by atoms with Crippen LogP contribution in [0.4, 0.5) is 0 Å². The zero-order valence-corrected chi connectivity index (χ0v) is 20.2. The molecular formula is C29H22NO4P. The predicted octanol–water partition coefficient (Wildman–Crippen LogP) is 6.03. The summed E-state index contributed by atoms with van der Waals surface area (Å²) in [5.74, 6) is 1.56. The fourth-order valence-electron chi connectivity index (χ4n) is 4.21. The summed E-state index contributed by atoms with van der Waals surface area (Å²) < 4.78 is 32.2. The summed E-state index contributed by atoms with van der Waals surface area (Å²) in [5, 5.41) is 10.1. The van der Waals surface area contributed by atoms with Crippen molar-refractivity contribution in [3.8, 4) is 34.4 Å². The lowest BCUT2D eigenvalue weighted by Crippen LogP contribution is -2.26. The lowest BCUT2D eigenvalue weighted by Gasteiger charge is -2.30. The van der Waals surface area contributed by atoms with E-state index in [0.717, 1.165) is 22.3 Å². The fourth-order valence-corrected chi connectivity index (χ4v) is 6.63. The average molecular weight is 479 g/mol. The van der Waals surface area contributed by atoms with Gasteiger partial charge in [0.25, 0.3) is 0 Å². The summed E-state index contributed by atoms with van der Waals surface area (Å²) in [7, 11) is -0.422. The second-order valence-corrected chi connectivity index (χ2v) is 10.2. The van der Waals surface area contributed by atoms with E-state index in [-0.39, 0.29) is 0 Å². The number of hydrogen-bond acceptors (Lipinski definition) is 5. The molecule has 6 heteroatoms. The number of para-hydroxylation sites is 1. The summed E-state index contributed by atoms with van der Waals surface area (Å²) in [6.45, 7) is 0. The standard InChI is InChI=1S/C29H22NO4P/c1-32-26-18-29(27(33-2)17-22(26)16-15-20-11-13-21(19-30)14-12-20)35(31)28-10-6-4-8-24(28)23-7-3-5-9-25(23)34-35/h3-18H,1-2H3. The van der Waals surface area contributed by atoms with Crippen LogP contribution in [0.15, 0.2) is 84.9 Å². The van der Waals surface area contributed by atoms with E-state index in [1.807, 2.05) is 72.8 Å². The van der Waals surface area contributed by atoms with Gasteiger partial charge in [0.2, 0.25) is 0 Å². The zero-order valence-electron chi connectivity index (χ0n) is 19.3. The van der Waals surface area contributed by atoms with Gasteiger partial charge in [0.15, 0.2) is 0 Å². The molecule has 0 radical (unpaired) electrons. The number of hydrogen-bond donors (Lipinski definition) is 0. The molecule has 1 aliphatic heterocycles. The Hall–Kier alpha value is -4.26. The third kappa shape index (κ3) is 3.99. The van der Waals surface area contributed by atoms with Crippen molar-refractivity contribution in [2.45, 2.75) is 0 Å². The van der Waals surface area contributed by atoms with Crippen molar-refractivity contribution >= 4 is 30.1 Å². The minimum Gasteiger partial charge on any atom is -0.496 e. The highest BCUT2D eigenvalue weighted by molar-refractivity contribution is 7.75. The van der Waals surface area contributed by atoms with Crippen LogP contribution >= 0.6 is 7.37 Å². The largest absolute Gasteiger partial charge is 0.496 e.